The lowest BCUT2D eigenvalue weighted by Crippen LogP contribution is -2.05. The van der Waals surface area contributed by atoms with Crippen molar-refractivity contribution in [1.29, 1.82) is 0 Å². The van der Waals surface area contributed by atoms with Gasteiger partial charge in [0.2, 0.25) is 0 Å². The number of rotatable bonds is 7. The van der Waals surface area contributed by atoms with Gasteiger partial charge in [-0.3, -0.25) is 0 Å². The number of aromatic nitrogens is 3. The van der Waals surface area contributed by atoms with Crippen LogP contribution < -0.4 is 5.32 Å². The van der Waals surface area contributed by atoms with Gasteiger partial charge >= 0.3 is 0 Å². The highest BCUT2D eigenvalue weighted by Gasteiger charge is 2.09. The van der Waals surface area contributed by atoms with Crippen LogP contribution in [-0.4, -0.2) is 32.9 Å². The second kappa shape index (κ2) is 6.52. The number of nitrogens with zero attached hydrogens (tertiary/aromatic N) is 3. The first kappa shape index (κ1) is 13.8. The molecule has 0 aromatic carbocycles. The minimum atomic E-state index is 0.272. The molecule has 0 fully saturated rings. The maximum Gasteiger partial charge on any atom is 0.152 e. The highest BCUT2D eigenvalue weighted by Crippen LogP contribution is 2.19. The molecule has 5 heteroatoms. The fourth-order valence-electron chi connectivity index (χ4n) is 1.98. The Labute approximate surface area is 113 Å². The maximum absolute atomic E-state index is 8.73. The molecule has 0 aliphatic heterocycles. The van der Waals surface area contributed by atoms with Crippen LogP contribution in [0.1, 0.15) is 44.7 Å². The molecule has 2 heterocycles. The zero-order valence-corrected chi connectivity index (χ0v) is 11.6. The molecule has 0 atom stereocenters. The molecule has 2 rings (SSSR count). The van der Waals surface area contributed by atoms with Crippen LogP contribution in [0.3, 0.4) is 0 Å². The smallest absolute Gasteiger partial charge is 0.152 e. The molecule has 2 aromatic rings. The molecule has 0 amide bonds. The number of fused-ring (bicyclic) bond motifs is 1. The Bertz CT molecular complexity index is 521. The van der Waals surface area contributed by atoms with Crippen molar-refractivity contribution >= 4 is 11.3 Å². The van der Waals surface area contributed by atoms with Gasteiger partial charge in [-0.05, 0) is 31.2 Å². The van der Waals surface area contributed by atoms with Crippen LogP contribution in [0.15, 0.2) is 18.5 Å². The molecule has 0 aliphatic rings. The van der Waals surface area contributed by atoms with Crippen LogP contribution in [0.4, 0.5) is 5.82 Å². The van der Waals surface area contributed by atoms with Gasteiger partial charge in [0.15, 0.2) is 5.82 Å². The number of nitrogens with one attached hydrogen (secondary N) is 1. The second-order valence-electron chi connectivity index (χ2n) is 5.04. The molecule has 104 valence electrons. The van der Waals surface area contributed by atoms with Gasteiger partial charge in [-0.2, -0.15) is 5.10 Å². The second-order valence-corrected chi connectivity index (χ2v) is 5.04. The van der Waals surface area contributed by atoms with E-state index in [1.165, 1.54) is 0 Å². The van der Waals surface area contributed by atoms with Crippen LogP contribution in [0.5, 0.6) is 0 Å². The van der Waals surface area contributed by atoms with Gasteiger partial charge in [0, 0.05) is 25.5 Å². The van der Waals surface area contributed by atoms with Crippen molar-refractivity contribution in [3.05, 3.63) is 24.2 Å². The summed E-state index contributed by atoms with van der Waals surface area (Å²) in [5.41, 5.74) is 2.10. The Hall–Kier alpha value is -1.62. The molecule has 0 saturated heterocycles. The number of hydrogen-bond acceptors (Lipinski definition) is 4. The summed E-state index contributed by atoms with van der Waals surface area (Å²) in [5, 5.41) is 16.6. The number of anilines is 1. The van der Waals surface area contributed by atoms with Crippen molar-refractivity contribution in [3.8, 4) is 0 Å². The molecule has 0 aliphatic carbocycles. The molecular formula is C14H22N4O. The van der Waals surface area contributed by atoms with Gasteiger partial charge in [-0.25, -0.2) is 9.50 Å². The molecule has 0 saturated carbocycles. The molecule has 2 N–H and O–H groups in total. The van der Waals surface area contributed by atoms with Crippen LogP contribution >= 0.6 is 0 Å². The topological polar surface area (TPSA) is 62.5 Å². The third kappa shape index (κ3) is 3.44. The lowest BCUT2D eigenvalue weighted by atomic mass is 10.1. The summed E-state index contributed by atoms with van der Waals surface area (Å²) in [6.45, 7) is 5.41. The van der Waals surface area contributed by atoms with Gasteiger partial charge in [0.1, 0.15) is 5.52 Å². The summed E-state index contributed by atoms with van der Waals surface area (Å²) in [7, 11) is 0. The summed E-state index contributed by atoms with van der Waals surface area (Å²) in [4.78, 5) is 4.38. The predicted octanol–water partition coefficient (Wildman–Crippen LogP) is 2.43. The molecule has 0 unspecified atom stereocenters. The number of aliphatic hydroxyl groups is 1. The number of unbranched alkanes of at least 4 members (excludes halogenated alkanes) is 2. The van der Waals surface area contributed by atoms with Crippen molar-refractivity contribution in [2.45, 2.75) is 39.0 Å². The lowest BCUT2D eigenvalue weighted by molar-refractivity contribution is 0.283. The first-order valence-corrected chi connectivity index (χ1v) is 6.91. The third-order valence-corrected chi connectivity index (χ3v) is 3.13. The SMILES string of the molecule is CC(C)c1cc2c(NCCCCCO)nccn2n1. The normalized spacial score (nSPS) is 11.4. The number of aliphatic hydroxyl groups excluding tert-OH is 1. The molecule has 0 spiro atoms. The van der Waals surface area contributed by atoms with Gasteiger partial charge in [-0.15, -0.1) is 0 Å². The zero-order chi connectivity index (χ0) is 13.7. The predicted molar refractivity (Wildman–Crippen MR) is 76.5 cm³/mol. The summed E-state index contributed by atoms with van der Waals surface area (Å²) in [5.74, 6) is 1.29. The van der Waals surface area contributed by atoms with Crippen LogP contribution in [0, 0.1) is 0 Å². The van der Waals surface area contributed by atoms with E-state index in [0.717, 1.165) is 42.8 Å². The molecular weight excluding hydrogens is 240 g/mol. The summed E-state index contributed by atoms with van der Waals surface area (Å²) < 4.78 is 1.87. The van der Waals surface area contributed by atoms with E-state index in [4.69, 9.17) is 5.11 Å². The lowest BCUT2D eigenvalue weighted by Gasteiger charge is -2.06. The Morgan fingerprint density at radius 3 is 2.89 bits per heavy atom. The highest BCUT2D eigenvalue weighted by molar-refractivity contribution is 5.67. The van der Waals surface area contributed by atoms with Crippen LogP contribution in [0.2, 0.25) is 0 Å². The van der Waals surface area contributed by atoms with E-state index in [0.29, 0.717) is 5.92 Å². The standard InChI is InChI=1S/C14H22N4O/c1-11(2)12-10-13-14(15-6-4-3-5-9-19)16-7-8-18(13)17-12/h7-8,10-11,19H,3-6,9H2,1-2H3,(H,15,16). The maximum atomic E-state index is 8.73. The van der Waals surface area contributed by atoms with Crippen molar-refractivity contribution < 1.29 is 5.11 Å². The van der Waals surface area contributed by atoms with Crippen molar-refractivity contribution in [3.63, 3.8) is 0 Å². The quantitative estimate of drug-likeness (QED) is 0.752. The third-order valence-electron chi connectivity index (χ3n) is 3.13. The molecule has 2 aromatic heterocycles. The molecule has 0 radical (unpaired) electrons. The van der Waals surface area contributed by atoms with Gasteiger partial charge < -0.3 is 10.4 Å². The molecule has 0 bridgehead atoms. The minimum absolute atomic E-state index is 0.272. The Morgan fingerprint density at radius 1 is 1.32 bits per heavy atom. The average Bonchev–Trinajstić information content (AvgIpc) is 2.83. The Morgan fingerprint density at radius 2 is 2.16 bits per heavy atom. The minimum Gasteiger partial charge on any atom is -0.396 e. The number of hydrogen-bond donors (Lipinski definition) is 2. The van der Waals surface area contributed by atoms with E-state index in [2.05, 4.69) is 35.3 Å². The summed E-state index contributed by atoms with van der Waals surface area (Å²) in [6.07, 6.45) is 6.57. The van der Waals surface area contributed by atoms with E-state index in [-0.39, 0.29) is 6.61 Å². The van der Waals surface area contributed by atoms with Crippen LogP contribution in [-0.2, 0) is 0 Å². The first-order chi connectivity index (χ1) is 9.22. The molecule has 5 nitrogen and oxygen atoms in total. The van der Waals surface area contributed by atoms with E-state index in [1.807, 2.05) is 10.7 Å². The Balaban J connectivity index is 2.05. The van der Waals surface area contributed by atoms with Gasteiger partial charge in [-0.1, -0.05) is 13.8 Å². The summed E-state index contributed by atoms with van der Waals surface area (Å²) >= 11 is 0. The fraction of sp³-hybridized carbons (Fsp3) is 0.571. The van der Waals surface area contributed by atoms with Crippen molar-refractivity contribution in [1.82, 2.24) is 14.6 Å². The first-order valence-electron chi connectivity index (χ1n) is 6.91. The largest absolute Gasteiger partial charge is 0.396 e. The fourth-order valence-corrected chi connectivity index (χ4v) is 1.98. The van der Waals surface area contributed by atoms with Crippen molar-refractivity contribution in [2.75, 3.05) is 18.5 Å². The van der Waals surface area contributed by atoms with E-state index in [1.54, 1.807) is 6.20 Å². The Kier molecular flexibility index (Phi) is 4.74. The molecule has 19 heavy (non-hydrogen) atoms. The van der Waals surface area contributed by atoms with Crippen LogP contribution in [0.25, 0.3) is 5.52 Å². The summed E-state index contributed by atoms with van der Waals surface area (Å²) in [6, 6.07) is 2.09. The van der Waals surface area contributed by atoms with E-state index in [9.17, 15) is 0 Å². The highest BCUT2D eigenvalue weighted by atomic mass is 16.2. The van der Waals surface area contributed by atoms with Crippen molar-refractivity contribution in [2.24, 2.45) is 0 Å². The van der Waals surface area contributed by atoms with Gasteiger partial charge in [0.05, 0.1) is 5.69 Å². The van der Waals surface area contributed by atoms with Gasteiger partial charge in [0.25, 0.3) is 0 Å². The zero-order valence-electron chi connectivity index (χ0n) is 11.6. The van der Waals surface area contributed by atoms with E-state index < -0.39 is 0 Å². The average molecular weight is 262 g/mol. The van der Waals surface area contributed by atoms with E-state index >= 15 is 0 Å². The monoisotopic (exact) mass is 262 g/mol.